The summed E-state index contributed by atoms with van der Waals surface area (Å²) in [5, 5.41) is 14.2. The van der Waals surface area contributed by atoms with Crippen molar-refractivity contribution in [2.45, 2.75) is 19.4 Å². The van der Waals surface area contributed by atoms with E-state index >= 15 is 0 Å². The SMILES string of the molecule is CC(=O)c1cccc(NC(=O)NC(Cc2ccccc2)C(=O)O)c1. The Morgan fingerprint density at radius 3 is 2.38 bits per heavy atom. The molecular formula is C18H18N2O4. The molecule has 0 aliphatic rings. The largest absolute Gasteiger partial charge is 0.480 e. The van der Waals surface area contributed by atoms with Crippen LogP contribution in [0.3, 0.4) is 0 Å². The van der Waals surface area contributed by atoms with Crippen LogP contribution in [0.5, 0.6) is 0 Å². The minimum absolute atomic E-state index is 0.119. The molecule has 0 radical (unpaired) electrons. The molecule has 6 nitrogen and oxygen atoms in total. The number of Topliss-reactive ketones (excluding diaryl/α,β-unsaturated/α-hetero) is 1. The van der Waals surface area contributed by atoms with Crippen molar-refractivity contribution in [3.05, 3.63) is 65.7 Å². The van der Waals surface area contributed by atoms with Crippen LogP contribution in [0.15, 0.2) is 54.6 Å². The van der Waals surface area contributed by atoms with E-state index in [1.54, 1.807) is 30.3 Å². The Hall–Kier alpha value is -3.15. The van der Waals surface area contributed by atoms with Gasteiger partial charge in [-0.15, -0.1) is 0 Å². The normalized spacial score (nSPS) is 11.4. The number of carbonyl (C=O) groups excluding carboxylic acids is 2. The number of carboxylic acid groups (broad SMARTS) is 1. The van der Waals surface area contributed by atoms with Gasteiger partial charge in [0.05, 0.1) is 0 Å². The molecule has 3 N–H and O–H groups in total. The molecule has 0 spiro atoms. The number of aliphatic carboxylic acids is 1. The summed E-state index contributed by atoms with van der Waals surface area (Å²) in [4.78, 5) is 34.7. The van der Waals surface area contributed by atoms with Crippen LogP contribution in [0.1, 0.15) is 22.8 Å². The first-order chi connectivity index (χ1) is 11.5. The number of hydrogen-bond donors (Lipinski definition) is 3. The van der Waals surface area contributed by atoms with Crippen LogP contribution in [0.2, 0.25) is 0 Å². The van der Waals surface area contributed by atoms with Gasteiger partial charge in [0.2, 0.25) is 0 Å². The minimum Gasteiger partial charge on any atom is -0.480 e. The van der Waals surface area contributed by atoms with E-state index in [0.29, 0.717) is 11.3 Å². The molecule has 0 aromatic heterocycles. The predicted octanol–water partition coefficient (Wildman–Crippen LogP) is 2.71. The lowest BCUT2D eigenvalue weighted by Crippen LogP contribution is -2.44. The van der Waals surface area contributed by atoms with Gasteiger partial charge in [0.25, 0.3) is 0 Å². The van der Waals surface area contributed by atoms with Gasteiger partial charge < -0.3 is 15.7 Å². The maximum absolute atomic E-state index is 12.0. The average Bonchev–Trinajstić information content (AvgIpc) is 2.55. The van der Waals surface area contributed by atoms with Gasteiger partial charge in [-0.1, -0.05) is 42.5 Å². The molecule has 0 bridgehead atoms. The molecule has 0 heterocycles. The molecule has 1 unspecified atom stereocenters. The zero-order valence-corrected chi connectivity index (χ0v) is 13.2. The second-order valence-corrected chi connectivity index (χ2v) is 5.32. The molecule has 2 aromatic rings. The summed E-state index contributed by atoms with van der Waals surface area (Å²) in [5.74, 6) is -1.24. The maximum atomic E-state index is 12.0. The molecular weight excluding hydrogens is 308 g/mol. The van der Waals surface area contributed by atoms with Crippen molar-refractivity contribution in [2.24, 2.45) is 0 Å². The fourth-order valence-corrected chi connectivity index (χ4v) is 2.19. The molecule has 0 aliphatic heterocycles. The van der Waals surface area contributed by atoms with Gasteiger partial charge in [0.1, 0.15) is 6.04 Å². The van der Waals surface area contributed by atoms with Crippen LogP contribution in [0.4, 0.5) is 10.5 Å². The minimum atomic E-state index is -1.12. The Morgan fingerprint density at radius 2 is 1.75 bits per heavy atom. The fraction of sp³-hybridized carbons (Fsp3) is 0.167. The standard InChI is InChI=1S/C18H18N2O4/c1-12(21)14-8-5-9-15(11-14)19-18(24)20-16(17(22)23)10-13-6-3-2-4-7-13/h2-9,11,16H,10H2,1H3,(H,22,23)(H2,19,20,24). The summed E-state index contributed by atoms with van der Waals surface area (Å²) in [6.07, 6.45) is 0.178. The highest BCUT2D eigenvalue weighted by atomic mass is 16.4. The van der Waals surface area contributed by atoms with E-state index in [1.807, 2.05) is 18.2 Å². The smallest absolute Gasteiger partial charge is 0.326 e. The topological polar surface area (TPSA) is 95.5 Å². The van der Waals surface area contributed by atoms with Crippen LogP contribution >= 0.6 is 0 Å². The summed E-state index contributed by atoms with van der Waals surface area (Å²) in [5.41, 5.74) is 1.69. The summed E-state index contributed by atoms with van der Waals surface area (Å²) in [6, 6.07) is 13.8. The van der Waals surface area contributed by atoms with Crippen LogP contribution in [-0.4, -0.2) is 28.9 Å². The summed E-state index contributed by atoms with van der Waals surface area (Å²) in [7, 11) is 0. The third kappa shape index (κ3) is 4.95. The Bertz CT molecular complexity index is 744. The zero-order chi connectivity index (χ0) is 17.5. The highest BCUT2D eigenvalue weighted by Crippen LogP contribution is 2.11. The Balaban J connectivity index is 2.02. The third-order valence-electron chi connectivity index (χ3n) is 3.41. The zero-order valence-electron chi connectivity index (χ0n) is 13.2. The van der Waals surface area contributed by atoms with Gasteiger partial charge in [-0.05, 0) is 24.6 Å². The van der Waals surface area contributed by atoms with Crippen molar-refractivity contribution >= 4 is 23.5 Å². The number of ketones is 1. The van der Waals surface area contributed by atoms with Crippen LogP contribution in [-0.2, 0) is 11.2 Å². The number of urea groups is 1. The quantitative estimate of drug-likeness (QED) is 0.711. The van der Waals surface area contributed by atoms with Crippen LogP contribution in [0.25, 0.3) is 0 Å². The summed E-state index contributed by atoms with van der Waals surface area (Å²) >= 11 is 0. The molecule has 0 fully saturated rings. The van der Waals surface area contributed by atoms with Crippen molar-refractivity contribution in [3.63, 3.8) is 0 Å². The van der Waals surface area contributed by atoms with Crippen LogP contribution in [0, 0.1) is 0 Å². The Kier molecular flexibility index (Phi) is 5.68. The number of benzene rings is 2. The highest BCUT2D eigenvalue weighted by Gasteiger charge is 2.20. The lowest BCUT2D eigenvalue weighted by Gasteiger charge is -2.15. The van der Waals surface area contributed by atoms with E-state index in [1.165, 1.54) is 13.0 Å². The highest BCUT2D eigenvalue weighted by molar-refractivity contribution is 5.97. The number of carbonyl (C=O) groups is 3. The molecule has 0 saturated carbocycles. The molecule has 24 heavy (non-hydrogen) atoms. The van der Waals surface area contributed by atoms with Crippen molar-refractivity contribution in [1.82, 2.24) is 5.32 Å². The van der Waals surface area contributed by atoms with Gasteiger partial charge >= 0.3 is 12.0 Å². The van der Waals surface area contributed by atoms with Gasteiger partial charge in [-0.2, -0.15) is 0 Å². The van der Waals surface area contributed by atoms with Gasteiger partial charge in [0.15, 0.2) is 5.78 Å². The predicted molar refractivity (Wildman–Crippen MR) is 90.2 cm³/mol. The molecule has 2 aromatic carbocycles. The molecule has 124 valence electrons. The van der Waals surface area contributed by atoms with E-state index < -0.39 is 18.0 Å². The molecule has 2 rings (SSSR count). The number of anilines is 1. The van der Waals surface area contributed by atoms with E-state index in [4.69, 9.17) is 0 Å². The first-order valence-electron chi connectivity index (χ1n) is 7.41. The second kappa shape index (κ2) is 7.92. The lowest BCUT2D eigenvalue weighted by atomic mass is 10.1. The number of nitrogens with one attached hydrogen (secondary N) is 2. The second-order valence-electron chi connectivity index (χ2n) is 5.32. The third-order valence-corrected chi connectivity index (χ3v) is 3.41. The molecule has 2 amide bonds. The van der Waals surface area contributed by atoms with Crippen molar-refractivity contribution in [1.29, 1.82) is 0 Å². The average molecular weight is 326 g/mol. The fourth-order valence-electron chi connectivity index (χ4n) is 2.19. The summed E-state index contributed by atoms with van der Waals surface area (Å²) in [6.45, 7) is 1.43. The first kappa shape index (κ1) is 17.2. The van der Waals surface area contributed by atoms with E-state index in [0.717, 1.165) is 5.56 Å². The van der Waals surface area contributed by atoms with Crippen molar-refractivity contribution in [3.8, 4) is 0 Å². The maximum Gasteiger partial charge on any atom is 0.326 e. The van der Waals surface area contributed by atoms with Gasteiger partial charge in [-0.3, -0.25) is 4.79 Å². The molecule has 0 aliphatic carbocycles. The van der Waals surface area contributed by atoms with E-state index in [2.05, 4.69) is 10.6 Å². The molecule has 6 heteroatoms. The number of rotatable bonds is 6. The van der Waals surface area contributed by atoms with Crippen molar-refractivity contribution < 1.29 is 19.5 Å². The summed E-state index contributed by atoms with van der Waals surface area (Å²) < 4.78 is 0. The number of hydrogen-bond acceptors (Lipinski definition) is 3. The number of carboxylic acids is 1. The lowest BCUT2D eigenvalue weighted by molar-refractivity contribution is -0.139. The number of amides is 2. The van der Waals surface area contributed by atoms with E-state index in [-0.39, 0.29) is 12.2 Å². The Labute approximate surface area is 139 Å². The van der Waals surface area contributed by atoms with E-state index in [9.17, 15) is 19.5 Å². The first-order valence-corrected chi connectivity index (χ1v) is 7.41. The monoisotopic (exact) mass is 326 g/mol. The molecule has 0 saturated heterocycles. The Morgan fingerprint density at radius 1 is 1.04 bits per heavy atom. The van der Waals surface area contributed by atoms with Gasteiger partial charge in [-0.25, -0.2) is 9.59 Å². The van der Waals surface area contributed by atoms with Gasteiger partial charge in [0, 0.05) is 17.7 Å². The van der Waals surface area contributed by atoms with Crippen molar-refractivity contribution in [2.75, 3.05) is 5.32 Å². The molecule has 1 atom stereocenters. The van der Waals surface area contributed by atoms with Crippen LogP contribution < -0.4 is 10.6 Å².